The van der Waals surface area contributed by atoms with Crippen LogP contribution in [0.2, 0.25) is 0 Å². The van der Waals surface area contributed by atoms with Gasteiger partial charge in [-0.25, -0.2) is 4.98 Å². The van der Waals surface area contributed by atoms with Crippen molar-refractivity contribution in [2.45, 2.75) is 25.8 Å². The third-order valence-corrected chi connectivity index (χ3v) is 5.24. The van der Waals surface area contributed by atoms with Crippen LogP contribution in [-0.2, 0) is 24.2 Å². The molecular formula is C17H17N3OS. The number of fused-ring (bicyclic) bond motifs is 2. The lowest BCUT2D eigenvalue weighted by Gasteiger charge is -2.20. The molecule has 0 aliphatic heterocycles. The van der Waals surface area contributed by atoms with E-state index in [4.69, 9.17) is 0 Å². The summed E-state index contributed by atoms with van der Waals surface area (Å²) in [6.07, 6.45) is 4.26. The molecule has 1 aliphatic rings. The maximum Gasteiger partial charge on any atom is 0.223 e. The first kappa shape index (κ1) is 13.5. The Morgan fingerprint density at radius 1 is 1.41 bits per heavy atom. The fourth-order valence-corrected chi connectivity index (χ4v) is 3.86. The second kappa shape index (κ2) is 5.57. The number of hydrogen-bond acceptors (Lipinski definition) is 3. The van der Waals surface area contributed by atoms with E-state index in [1.807, 2.05) is 0 Å². The van der Waals surface area contributed by atoms with Gasteiger partial charge in [0.2, 0.25) is 5.91 Å². The van der Waals surface area contributed by atoms with Gasteiger partial charge < -0.3 is 10.3 Å². The zero-order valence-corrected chi connectivity index (χ0v) is 13.0. The lowest BCUT2D eigenvalue weighted by molar-refractivity contribution is -0.125. The zero-order chi connectivity index (χ0) is 14.9. The molecule has 0 spiro atoms. The first-order valence-electron chi connectivity index (χ1n) is 7.54. The van der Waals surface area contributed by atoms with Gasteiger partial charge in [0.1, 0.15) is 0 Å². The number of benzene rings is 1. The Bertz CT molecular complexity index is 820. The average Bonchev–Trinajstić information content (AvgIpc) is 3.19. The minimum absolute atomic E-state index is 0.0535. The molecule has 3 aromatic rings. The first-order valence-corrected chi connectivity index (χ1v) is 8.42. The highest BCUT2D eigenvalue weighted by Crippen LogP contribution is 2.24. The van der Waals surface area contributed by atoms with Gasteiger partial charge >= 0.3 is 0 Å². The molecule has 2 N–H and O–H groups in total. The maximum atomic E-state index is 12.4. The molecule has 1 amide bonds. The van der Waals surface area contributed by atoms with Crippen LogP contribution in [0, 0.1) is 5.92 Å². The summed E-state index contributed by atoms with van der Waals surface area (Å²) in [5, 5.41) is 6.42. The Labute approximate surface area is 132 Å². The molecule has 5 heteroatoms. The third-order valence-electron chi connectivity index (χ3n) is 4.34. The molecule has 1 aliphatic carbocycles. The number of rotatable bonds is 3. The Kier molecular flexibility index (Phi) is 3.42. The van der Waals surface area contributed by atoms with Crippen molar-refractivity contribution < 1.29 is 4.79 Å². The molecular weight excluding hydrogens is 294 g/mol. The van der Waals surface area contributed by atoms with Crippen LogP contribution in [-0.4, -0.2) is 15.9 Å². The van der Waals surface area contributed by atoms with Crippen molar-refractivity contribution in [3.63, 3.8) is 0 Å². The molecule has 0 radical (unpaired) electrons. The number of aromatic nitrogens is 2. The van der Waals surface area contributed by atoms with Crippen LogP contribution in [0.3, 0.4) is 0 Å². The summed E-state index contributed by atoms with van der Waals surface area (Å²) < 4.78 is 1.29. The molecule has 0 fully saturated rings. The molecule has 4 nitrogen and oxygen atoms in total. The average molecular weight is 311 g/mol. The summed E-state index contributed by atoms with van der Waals surface area (Å²) in [5.41, 5.74) is 3.38. The Balaban J connectivity index is 1.40. The summed E-state index contributed by atoms with van der Waals surface area (Å²) in [5.74, 6) is 0.198. The van der Waals surface area contributed by atoms with E-state index in [0.29, 0.717) is 6.54 Å². The second-order valence-electron chi connectivity index (χ2n) is 5.78. The molecule has 2 heterocycles. The normalized spacial score (nSPS) is 17.4. The molecule has 1 aromatic carbocycles. The highest BCUT2D eigenvalue weighted by molar-refractivity contribution is 7.17. The van der Waals surface area contributed by atoms with Crippen molar-refractivity contribution in [2.24, 2.45) is 5.92 Å². The van der Waals surface area contributed by atoms with E-state index in [2.05, 4.69) is 44.9 Å². The smallest absolute Gasteiger partial charge is 0.223 e. The molecule has 1 unspecified atom stereocenters. The van der Waals surface area contributed by atoms with Gasteiger partial charge in [-0.15, -0.1) is 11.3 Å². The minimum Gasteiger partial charge on any atom is -0.352 e. The van der Waals surface area contributed by atoms with Crippen molar-refractivity contribution in [3.8, 4) is 0 Å². The Morgan fingerprint density at radius 2 is 2.36 bits per heavy atom. The van der Waals surface area contributed by atoms with Crippen LogP contribution in [0.5, 0.6) is 0 Å². The van der Waals surface area contributed by atoms with Gasteiger partial charge in [-0.05, 0) is 47.4 Å². The molecule has 0 saturated heterocycles. The van der Waals surface area contributed by atoms with Crippen LogP contribution < -0.4 is 5.32 Å². The van der Waals surface area contributed by atoms with Crippen LogP contribution in [0.4, 0.5) is 0 Å². The molecule has 0 saturated carbocycles. The van der Waals surface area contributed by atoms with Crippen molar-refractivity contribution in [2.75, 3.05) is 0 Å². The summed E-state index contributed by atoms with van der Waals surface area (Å²) in [6, 6.07) is 8.48. The number of carbonyl (C=O) groups is 1. The molecule has 0 bridgehead atoms. The van der Waals surface area contributed by atoms with Gasteiger partial charge in [-0.2, -0.15) is 0 Å². The van der Waals surface area contributed by atoms with Crippen LogP contribution in [0.15, 0.2) is 36.0 Å². The van der Waals surface area contributed by atoms with E-state index in [9.17, 15) is 4.79 Å². The maximum absolute atomic E-state index is 12.4. The molecule has 4 rings (SSSR count). The monoisotopic (exact) mass is 311 g/mol. The predicted molar refractivity (Wildman–Crippen MR) is 87.8 cm³/mol. The van der Waals surface area contributed by atoms with Gasteiger partial charge in [-0.3, -0.25) is 4.79 Å². The zero-order valence-electron chi connectivity index (χ0n) is 12.1. The van der Waals surface area contributed by atoms with Gasteiger partial charge in [-0.1, -0.05) is 6.07 Å². The summed E-state index contributed by atoms with van der Waals surface area (Å²) in [7, 11) is 0. The number of amides is 1. The number of aryl methyl sites for hydroxylation is 1. The highest BCUT2D eigenvalue weighted by atomic mass is 32.1. The van der Waals surface area contributed by atoms with Gasteiger partial charge in [0.15, 0.2) is 0 Å². The lowest BCUT2D eigenvalue weighted by atomic mass is 9.89. The quantitative estimate of drug-likeness (QED) is 0.781. The number of carbonyl (C=O) groups excluding carboxylic acids is 1. The Morgan fingerprint density at radius 3 is 3.32 bits per heavy atom. The minimum atomic E-state index is 0.0535. The summed E-state index contributed by atoms with van der Waals surface area (Å²) in [4.78, 5) is 19.8. The van der Waals surface area contributed by atoms with Crippen molar-refractivity contribution in [3.05, 3.63) is 52.9 Å². The number of H-pyrrole nitrogens is 1. The number of hydrogen-bond donors (Lipinski definition) is 2. The van der Waals surface area contributed by atoms with Crippen LogP contribution in [0.25, 0.3) is 10.1 Å². The number of aromatic amines is 1. The van der Waals surface area contributed by atoms with Crippen LogP contribution in [0.1, 0.15) is 23.4 Å². The summed E-state index contributed by atoms with van der Waals surface area (Å²) in [6.45, 7) is 0.594. The van der Waals surface area contributed by atoms with Crippen LogP contribution >= 0.6 is 11.3 Å². The second-order valence-corrected chi connectivity index (χ2v) is 6.73. The van der Waals surface area contributed by atoms with Gasteiger partial charge in [0.25, 0.3) is 0 Å². The molecule has 2 aromatic heterocycles. The van der Waals surface area contributed by atoms with Crippen molar-refractivity contribution in [1.82, 2.24) is 15.3 Å². The number of nitrogens with zero attached hydrogens (tertiary/aromatic N) is 1. The van der Waals surface area contributed by atoms with E-state index < -0.39 is 0 Å². The first-order chi connectivity index (χ1) is 10.8. The number of nitrogens with one attached hydrogen (secondary N) is 2. The molecule has 22 heavy (non-hydrogen) atoms. The standard InChI is InChI=1S/C17H17N3OS/c21-17(13-2-3-14-15(8-13)20-10-19-14)18-9-11-1-4-16-12(7-11)5-6-22-16/h1,4-7,10,13H,2-3,8-9H2,(H,18,21)(H,19,20). The molecule has 1 atom stereocenters. The van der Waals surface area contributed by atoms with E-state index >= 15 is 0 Å². The fraction of sp³-hybridized carbons (Fsp3) is 0.294. The number of thiophene rings is 1. The van der Waals surface area contributed by atoms with Gasteiger partial charge in [0, 0.05) is 29.3 Å². The van der Waals surface area contributed by atoms with E-state index in [1.54, 1.807) is 17.7 Å². The topological polar surface area (TPSA) is 57.8 Å². The lowest BCUT2D eigenvalue weighted by Crippen LogP contribution is -2.33. The van der Waals surface area contributed by atoms with Gasteiger partial charge in [0.05, 0.1) is 12.0 Å². The summed E-state index contributed by atoms with van der Waals surface area (Å²) >= 11 is 1.74. The van der Waals surface area contributed by atoms with Crippen molar-refractivity contribution in [1.29, 1.82) is 0 Å². The van der Waals surface area contributed by atoms with E-state index in [1.165, 1.54) is 10.1 Å². The largest absolute Gasteiger partial charge is 0.352 e. The predicted octanol–water partition coefficient (Wildman–Crippen LogP) is 3.05. The van der Waals surface area contributed by atoms with E-state index in [-0.39, 0.29) is 11.8 Å². The third kappa shape index (κ3) is 2.52. The highest BCUT2D eigenvalue weighted by Gasteiger charge is 2.25. The number of imidazole rings is 1. The van der Waals surface area contributed by atoms with E-state index in [0.717, 1.165) is 36.2 Å². The van der Waals surface area contributed by atoms with Crippen molar-refractivity contribution >= 4 is 27.3 Å². The SMILES string of the molecule is O=C(NCc1ccc2sccc2c1)C1CCc2nc[nH]c2C1. The molecule has 112 valence electrons. The fourth-order valence-electron chi connectivity index (χ4n) is 3.08. The Hall–Kier alpha value is -2.14.